The minimum Gasteiger partial charge on any atom is -0.352 e. The number of aromatic nitrogens is 3. The molecule has 0 aliphatic heterocycles. The molecule has 2 saturated carbocycles. The molecule has 0 unspecified atom stereocenters. The van der Waals surface area contributed by atoms with Gasteiger partial charge in [0.15, 0.2) is 5.82 Å². The van der Waals surface area contributed by atoms with E-state index >= 15 is 0 Å². The summed E-state index contributed by atoms with van der Waals surface area (Å²) in [5, 5.41) is 13.5. The van der Waals surface area contributed by atoms with E-state index in [2.05, 4.69) is 20.9 Å². The van der Waals surface area contributed by atoms with E-state index in [1.54, 1.807) is 6.20 Å². The lowest BCUT2D eigenvalue weighted by atomic mass is 9.95. The number of anilines is 1. The molecule has 21 heavy (non-hydrogen) atoms. The second kappa shape index (κ2) is 6.24. The number of carbonyl (C=O) groups is 2. The standard InChI is InChI=1S/C14H21N5O2/c20-13(15-11-4-2-1-3-5-11)9-19-8-12(17-18-19)16-14(21)10-6-7-10/h8,10-11H,1-7,9H2,(H,15,20)(H,16,21). The van der Waals surface area contributed by atoms with Crippen LogP contribution in [0.1, 0.15) is 44.9 Å². The minimum absolute atomic E-state index is 0.00583. The van der Waals surface area contributed by atoms with Crippen LogP contribution in [0.15, 0.2) is 6.20 Å². The van der Waals surface area contributed by atoms with E-state index in [4.69, 9.17) is 0 Å². The maximum Gasteiger partial charge on any atom is 0.242 e. The van der Waals surface area contributed by atoms with Gasteiger partial charge in [0.2, 0.25) is 11.8 Å². The van der Waals surface area contributed by atoms with Crippen molar-refractivity contribution in [1.82, 2.24) is 20.3 Å². The van der Waals surface area contributed by atoms with Crippen molar-refractivity contribution >= 4 is 17.6 Å². The third-order valence-electron chi connectivity index (χ3n) is 4.01. The lowest BCUT2D eigenvalue weighted by Crippen LogP contribution is -2.38. The van der Waals surface area contributed by atoms with Gasteiger partial charge in [-0.3, -0.25) is 9.59 Å². The fraction of sp³-hybridized carbons (Fsp3) is 0.714. The fourth-order valence-electron chi connectivity index (χ4n) is 2.67. The van der Waals surface area contributed by atoms with Gasteiger partial charge in [-0.1, -0.05) is 24.5 Å². The molecule has 0 spiro atoms. The molecule has 2 aliphatic carbocycles. The van der Waals surface area contributed by atoms with Crippen LogP contribution >= 0.6 is 0 Å². The Balaban J connectivity index is 1.46. The van der Waals surface area contributed by atoms with Crippen LogP contribution in [-0.2, 0) is 16.1 Å². The van der Waals surface area contributed by atoms with Crippen molar-refractivity contribution in [2.24, 2.45) is 5.92 Å². The Bertz CT molecular complexity index is 517. The molecular formula is C14H21N5O2. The van der Waals surface area contributed by atoms with Gasteiger partial charge in [-0.25, -0.2) is 4.68 Å². The first-order valence-corrected chi connectivity index (χ1v) is 7.71. The minimum atomic E-state index is -0.0492. The van der Waals surface area contributed by atoms with Gasteiger partial charge in [0.25, 0.3) is 0 Å². The van der Waals surface area contributed by atoms with E-state index in [0.29, 0.717) is 11.9 Å². The molecule has 2 fully saturated rings. The van der Waals surface area contributed by atoms with Crippen LogP contribution < -0.4 is 10.6 Å². The third-order valence-corrected chi connectivity index (χ3v) is 4.01. The summed E-state index contributed by atoms with van der Waals surface area (Å²) < 4.78 is 1.46. The zero-order chi connectivity index (χ0) is 14.7. The van der Waals surface area contributed by atoms with Crippen molar-refractivity contribution in [2.45, 2.75) is 57.5 Å². The van der Waals surface area contributed by atoms with Gasteiger partial charge in [0.05, 0.1) is 6.20 Å². The number of nitrogens with zero attached hydrogens (tertiary/aromatic N) is 3. The summed E-state index contributed by atoms with van der Waals surface area (Å²) in [6.07, 6.45) is 9.25. The van der Waals surface area contributed by atoms with Gasteiger partial charge >= 0.3 is 0 Å². The summed E-state index contributed by atoms with van der Waals surface area (Å²) in [7, 11) is 0. The summed E-state index contributed by atoms with van der Waals surface area (Å²) in [6, 6.07) is 0.295. The number of hydrogen-bond donors (Lipinski definition) is 2. The first-order valence-electron chi connectivity index (χ1n) is 7.71. The van der Waals surface area contributed by atoms with Gasteiger partial charge in [0.1, 0.15) is 6.54 Å². The van der Waals surface area contributed by atoms with E-state index in [1.165, 1.54) is 23.9 Å². The molecule has 1 aromatic heterocycles. The third kappa shape index (κ3) is 4.03. The molecule has 7 nitrogen and oxygen atoms in total. The molecule has 1 heterocycles. The zero-order valence-corrected chi connectivity index (χ0v) is 12.0. The highest BCUT2D eigenvalue weighted by atomic mass is 16.2. The van der Waals surface area contributed by atoms with Crippen LogP contribution in [0.25, 0.3) is 0 Å². The summed E-state index contributed by atoms with van der Waals surface area (Å²) in [4.78, 5) is 23.5. The second-order valence-corrected chi connectivity index (χ2v) is 5.97. The van der Waals surface area contributed by atoms with E-state index in [0.717, 1.165) is 25.7 Å². The summed E-state index contributed by atoms with van der Waals surface area (Å²) in [6.45, 7) is 0.142. The Morgan fingerprint density at radius 1 is 1.19 bits per heavy atom. The lowest BCUT2D eigenvalue weighted by molar-refractivity contribution is -0.122. The highest BCUT2D eigenvalue weighted by Crippen LogP contribution is 2.29. The molecular weight excluding hydrogens is 270 g/mol. The van der Waals surface area contributed by atoms with Gasteiger partial charge in [0, 0.05) is 12.0 Å². The SMILES string of the molecule is O=C(Cn1cc(NC(=O)C2CC2)nn1)NC1CCCCC1. The van der Waals surface area contributed by atoms with Crippen LogP contribution in [0.5, 0.6) is 0 Å². The summed E-state index contributed by atoms with van der Waals surface area (Å²) in [5.74, 6) is 0.489. The van der Waals surface area contributed by atoms with Gasteiger partial charge in [-0.15, -0.1) is 5.10 Å². The molecule has 0 aromatic carbocycles. The number of rotatable bonds is 5. The number of carbonyl (C=O) groups excluding carboxylic acids is 2. The molecule has 0 bridgehead atoms. The zero-order valence-electron chi connectivity index (χ0n) is 12.0. The number of hydrogen-bond acceptors (Lipinski definition) is 4. The summed E-state index contributed by atoms with van der Waals surface area (Å²) >= 11 is 0. The fourth-order valence-corrected chi connectivity index (χ4v) is 2.67. The topological polar surface area (TPSA) is 88.9 Å². The molecule has 2 N–H and O–H groups in total. The molecule has 1 aromatic rings. The molecule has 2 amide bonds. The average molecular weight is 291 g/mol. The van der Waals surface area contributed by atoms with E-state index < -0.39 is 0 Å². The largest absolute Gasteiger partial charge is 0.352 e. The van der Waals surface area contributed by atoms with E-state index in [9.17, 15) is 9.59 Å². The van der Waals surface area contributed by atoms with Gasteiger partial charge in [-0.2, -0.15) is 0 Å². The molecule has 0 saturated heterocycles. The van der Waals surface area contributed by atoms with E-state index in [-0.39, 0.29) is 24.3 Å². The molecule has 0 atom stereocenters. The maximum absolute atomic E-state index is 11.9. The molecule has 2 aliphatic rings. The second-order valence-electron chi connectivity index (χ2n) is 5.97. The van der Waals surface area contributed by atoms with Crippen LogP contribution in [-0.4, -0.2) is 32.9 Å². The van der Waals surface area contributed by atoms with Crippen molar-refractivity contribution in [3.63, 3.8) is 0 Å². The van der Waals surface area contributed by atoms with Crippen LogP contribution in [0, 0.1) is 5.92 Å². The van der Waals surface area contributed by atoms with Crippen LogP contribution in [0.2, 0.25) is 0 Å². The highest BCUT2D eigenvalue weighted by molar-refractivity contribution is 5.93. The maximum atomic E-state index is 11.9. The summed E-state index contributed by atoms with van der Waals surface area (Å²) in [5.41, 5.74) is 0. The van der Waals surface area contributed by atoms with Gasteiger partial charge in [-0.05, 0) is 25.7 Å². The Morgan fingerprint density at radius 3 is 2.67 bits per heavy atom. The Labute approximate surface area is 123 Å². The van der Waals surface area contributed by atoms with Crippen molar-refractivity contribution in [2.75, 3.05) is 5.32 Å². The molecule has 7 heteroatoms. The van der Waals surface area contributed by atoms with Crippen molar-refractivity contribution in [3.8, 4) is 0 Å². The van der Waals surface area contributed by atoms with Gasteiger partial charge < -0.3 is 10.6 Å². The lowest BCUT2D eigenvalue weighted by Gasteiger charge is -2.22. The number of nitrogens with one attached hydrogen (secondary N) is 2. The number of amides is 2. The Kier molecular flexibility index (Phi) is 4.17. The smallest absolute Gasteiger partial charge is 0.242 e. The first-order chi connectivity index (χ1) is 10.2. The normalized spacial score (nSPS) is 19.2. The quantitative estimate of drug-likeness (QED) is 0.849. The predicted molar refractivity (Wildman–Crippen MR) is 76.4 cm³/mol. The molecule has 0 radical (unpaired) electrons. The van der Waals surface area contributed by atoms with Crippen molar-refractivity contribution in [1.29, 1.82) is 0 Å². The average Bonchev–Trinajstić information content (AvgIpc) is 3.23. The molecule has 114 valence electrons. The Hall–Kier alpha value is -1.92. The van der Waals surface area contributed by atoms with Crippen LogP contribution in [0.3, 0.4) is 0 Å². The predicted octanol–water partition coefficient (Wildman–Crippen LogP) is 1.08. The Morgan fingerprint density at radius 2 is 1.95 bits per heavy atom. The van der Waals surface area contributed by atoms with E-state index in [1.807, 2.05) is 0 Å². The monoisotopic (exact) mass is 291 g/mol. The molecule has 3 rings (SSSR count). The highest BCUT2D eigenvalue weighted by Gasteiger charge is 2.30. The van der Waals surface area contributed by atoms with Crippen molar-refractivity contribution < 1.29 is 9.59 Å². The van der Waals surface area contributed by atoms with Crippen LogP contribution in [0.4, 0.5) is 5.82 Å². The van der Waals surface area contributed by atoms with Crippen molar-refractivity contribution in [3.05, 3.63) is 6.20 Å². The first kappa shape index (κ1) is 14.0.